The van der Waals surface area contributed by atoms with Crippen molar-refractivity contribution in [2.45, 2.75) is 26.0 Å². The molecule has 0 aliphatic carbocycles. The van der Waals surface area contributed by atoms with Gasteiger partial charge in [0.05, 0.1) is 19.8 Å². The third kappa shape index (κ3) is 2.36. The molecule has 0 saturated carbocycles. The average molecular weight is 221 g/mol. The molecule has 1 aromatic carbocycles. The Morgan fingerprint density at radius 2 is 2.25 bits per heavy atom. The number of nitrogens with one attached hydrogen (secondary N) is 1. The largest absolute Gasteiger partial charge is 0.496 e. The van der Waals surface area contributed by atoms with Crippen LogP contribution in [-0.4, -0.2) is 26.3 Å². The van der Waals surface area contributed by atoms with E-state index in [1.165, 1.54) is 5.56 Å². The van der Waals surface area contributed by atoms with E-state index in [1.54, 1.807) is 7.11 Å². The second-order valence-corrected chi connectivity index (χ2v) is 4.36. The SMILES string of the molecule is COc1ccc(C2CNC(C)CO2)cc1C. The summed E-state index contributed by atoms with van der Waals surface area (Å²) in [4.78, 5) is 0. The maximum absolute atomic E-state index is 5.80. The lowest BCUT2D eigenvalue weighted by Crippen LogP contribution is -2.40. The molecule has 0 aromatic heterocycles. The fourth-order valence-corrected chi connectivity index (χ4v) is 2.00. The Hall–Kier alpha value is -1.06. The van der Waals surface area contributed by atoms with Crippen LogP contribution in [0.3, 0.4) is 0 Å². The van der Waals surface area contributed by atoms with E-state index in [0.29, 0.717) is 6.04 Å². The van der Waals surface area contributed by atoms with Gasteiger partial charge in [-0.15, -0.1) is 0 Å². The summed E-state index contributed by atoms with van der Waals surface area (Å²) in [7, 11) is 1.70. The van der Waals surface area contributed by atoms with Gasteiger partial charge in [-0.3, -0.25) is 0 Å². The van der Waals surface area contributed by atoms with Crippen LogP contribution in [0.2, 0.25) is 0 Å². The number of hydrogen-bond acceptors (Lipinski definition) is 3. The maximum atomic E-state index is 5.80. The van der Waals surface area contributed by atoms with Gasteiger partial charge in [0, 0.05) is 12.6 Å². The molecule has 1 N–H and O–H groups in total. The van der Waals surface area contributed by atoms with Crippen molar-refractivity contribution < 1.29 is 9.47 Å². The van der Waals surface area contributed by atoms with E-state index >= 15 is 0 Å². The summed E-state index contributed by atoms with van der Waals surface area (Å²) in [6.45, 7) is 5.85. The Morgan fingerprint density at radius 3 is 2.81 bits per heavy atom. The fraction of sp³-hybridized carbons (Fsp3) is 0.538. The van der Waals surface area contributed by atoms with E-state index in [0.717, 1.165) is 24.5 Å². The van der Waals surface area contributed by atoms with Gasteiger partial charge in [-0.25, -0.2) is 0 Å². The Bertz CT molecular complexity index is 357. The molecule has 0 bridgehead atoms. The maximum Gasteiger partial charge on any atom is 0.121 e. The number of ether oxygens (including phenoxy) is 2. The van der Waals surface area contributed by atoms with Crippen LogP contribution in [0.5, 0.6) is 5.75 Å². The van der Waals surface area contributed by atoms with Gasteiger partial charge in [-0.05, 0) is 37.1 Å². The van der Waals surface area contributed by atoms with Crippen LogP contribution in [0.1, 0.15) is 24.2 Å². The molecule has 16 heavy (non-hydrogen) atoms. The average Bonchev–Trinajstić information content (AvgIpc) is 2.30. The van der Waals surface area contributed by atoms with E-state index in [-0.39, 0.29) is 6.10 Å². The predicted octanol–water partition coefficient (Wildman–Crippen LogP) is 2.05. The van der Waals surface area contributed by atoms with Crippen LogP contribution in [0.4, 0.5) is 0 Å². The summed E-state index contributed by atoms with van der Waals surface area (Å²) in [5.74, 6) is 0.931. The van der Waals surface area contributed by atoms with Gasteiger partial charge in [-0.1, -0.05) is 6.07 Å². The van der Waals surface area contributed by atoms with Crippen molar-refractivity contribution in [3.63, 3.8) is 0 Å². The Balaban J connectivity index is 2.12. The fourth-order valence-electron chi connectivity index (χ4n) is 2.00. The van der Waals surface area contributed by atoms with E-state index in [9.17, 15) is 0 Å². The molecule has 2 atom stereocenters. The van der Waals surface area contributed by atoms with Gasteiger partial charge in [0.15, 0.2) is 0 Å². The number of morpholine rings is 1. The molecule has 2 rings (SSSR count). The highest BCUT2D eigenvalue weighted by atomic mass is 16.5. The summed E-state index contributed by atoms with van der Waals surface area (Å²) < 4.78 is 11.0. The lowest BCUT2D eigenvalue weighted by molar-refractivity contribution is 0.00690. The topological polar surface area (TPSA) is 30.5 Å². The number of methoxy groups -OCH3 is 1. The summed E-state index contributed by atoms with van der Waals surface area (Å²) >= 11 is 0. The van der Waals surface area contributed by atoms with Crippen LogP contribution in [0.15, 0.2) is 18.2 Å². The van der Waals surface area contributed by atoms with E-state index in [1.807, 2.05) is 6.07 Å². The van der Waals surface area contributed by atoms with E-state index < -0.39 is 0 Å². The molecule has 88 valence electrons. The number of hydrogen-bond donors (Lipinski definition) is 1. The zero-order valence-corrected chi connectivity index (χ0v) is 10.1. The first-order valence-electron chi connectivity index (χ1n) is 5.70. The van der Waals surface area contributed by atoms with Crippen LogP contribution in [0, 0.1) is 6.92 Å². The molecule has 0 spiro atoms. The van der Waals surface area contributed by atoms with Gasteiger partial charge < -0.3 is 14.8 Å². The minimum atomic E-state index is 0.167. The Kier molecular flexibility index (Phi) is 3.46. The summed E-state index contributed by atoms with van der Waals surface area (Å²) in [6, 6.07) is 6.68. The molecule has 2 unspecified atom stereocenters. The summed E-state index contributed by atoms with van der Waals surface area (Å²) in [5, 5.41) is 3.42. The highest BCUT2D eigenvalue weighted by Gasteiger charge is 2.19. The monoisotopic (exact) mass is 221 g/mol. The van der Waals surface area contributed by atoms with Crippen molar-refractivity contribution in [2.75, 3.05) is 20.3 Å². The highest BCUT2D eigenvalue weighted by Crippen LogP contribution is 2.25. The van der Waals surface area contributed by atoms with Crippen molar-refractivity contribution in [2.24, 2.45) is 0 Å². The van der Waals surface area contributed by atoms with E-state index in [4.69, 9.17) is 9.47 Å². The molecular formula is C13H19NO2. The van der Waals surface area contributed by atoms with Crippen molar-refractivity contribution in [3.05, 3.63) is 29.3 Å². The van der Waals surface area contributed by atoms with Crippen LogP contribution in [0.25, 0.3) is 0 Å². The van der Waals surface area contributed by atoms with Crippen LogP contribution >= 0.6 is 0 Å². The molecule has 1 saturated heterocycles. The van der Waals surface area contributed by atoms with Crippen molar-refractivity contribution >= 4 is 0 Å². The lowest BCUT2D eigenvalue weighted by atomic mass is 10.0. The molecule has 1 aliphatic heterocycles. The molecule has 0 radical (unpaired) electrons. The normalized spacial score (nSPS) is 25.4. The highest BCUT2D eigenvalue weighted by molar-refractivity contribution is 5.37. The Labute approximate surface area is 96.8 Å². The zero-order chi connectivity index (χ0) is 11.5. The quantitative estimate of drug-likeness (QED) is 0.829. The first-order chi connectivity index (χ1) is 7.70. The summed E-state index contributed by atoms with van der Waals surface area (Å²) in [5.41, 5.74) is 2.37. The van der Waals surface area contributed by atoms with Crippen molar-refractivity contribution in [3.8, 4) is 5.75 Å². The molecule has 1 heterocycles. The van der Waals surface area contributed by atoms with Gasteiger partial charge >= 0.3 is 0 Å². The molecule has 3 nitrogen and oxygen atoms in total. The number of benzene rings is 1. The van der Waals surface area contributed by atoms with E-state index in [2.05, 4.69) is 31.3 Å². The molecule has 1 aromatic rings. The smallest absolute Gasteiger partial charge is 0.121 e. The first kappa shape index (κ1) is 11.4. The summed E-state index contributed by atoms with van der Waals surface area (Å²) in [6.07, 6.45) is 0.167. The van der Waals surface area contributed by atoms with Crippen LogP contribution < -0.4 is 10.1 Å². The molecule has 1 fully saturated rings. The van der Waals surface area contributed by atoms with Gasteiger partial charge in [-0.2, -0.15) is 0 Å². The number of rotatable bonds is 2. The van der Waals surface area contributed by atoms with Gasteiger partial charge in [0.25, 0.3) is 0 Å². The van der Waals surface area contributed by atoms with Crippen LogP contribution in [-0.2, 0) is 4.74 Å². The number of aryl methyl sites for hydroxylation is 1. The van der Waals surface area contributed by atoms with Crippen molar-refractivity contribution in [1.29, 1.82) is 0 Å². The predicted molar refractivity (Wildman–Crippen MR) is 63.9 cm³/mol. The minimum absolute atomic E-state index is 0.167. The van der Waals surface area contributed by atoms with Gasteiger partial charge in [0.1, 0.15) is 5.75 Å². The molecule has 3 heteroatoms. The zero-order valence-electron chi connectivity index (χ0n) is 10.1. The second-order valence-electron chi connectivity index (χ2n) is 4.36. The van der Waals surface area contributed by atoms with Crippen molar-refractivity contribution in [1.82, 2.24) is 5.32 Å². The minimum Gasteiger partial charge on any atom is -0.496 e. The standard InChI is InChI=1S/C13H19NO2/c1-9-6-11(4-5-12(9)15-3)13-7-14-10(2)8-16-13/h4-6,10,13-14H,7-8H2,1-3H3. The second kappa shape index (κ2) is 4.85. The molecule has 0 amide bonds. The first-order valence-corrected chi connectivity index (χ1v) is 5.70. The molecular weight excluding hydrogens is 202 g/mol. The third-order valence-corrected chi connectivity index (χ3v) is 2.99. The third-order valence-electron chi connectivity index (χ3n) is 2.99. The molecule has 1 aliphatic rings. The Morgan fingerprint density at radius 1 is 1.44 bits per heavy atom. The van der Waals surface area contributed by atoms with Gasteiger partial charge in [0.2, 0.25) is 0 Å². The lowest BCUT2D eigenvalue weighted by Gasteiger charge is -2.28.